The molecule has 1 N–H and O–H groups in total. The van der Waals surface area contributed by atoms with E-state index in [0.29, 0.717) is 17.3 Å². The predicted molar refractivity (Wildman–Crippen MR) is 87.0 cm³/mol. The number of aromatic nitrogens is 2. The van der Waals surface area contributed by atoms with Gasteiger partial charge in [0.1, 0.15) is 11.6 Å². The van der Waals surface area contributed by atoms with E-state index >= 15 is 0 Å². The van der Waals surface area contributed by atoms with Gasteiger partial charge in [0, 0.05) is 22.3 Å². The fourth-order valence-corrected chi connectivity index (χ4v) is 3.99. The van der Waals surface area contributed by atoms with Gasteiger partial charge in [-0.05, 0) is 37.1 Å². The lowest BCUT2D eigenvalue weighted by atomic mass is 10.2. The third-order valence-corrected chi connectivity index (χ3v) is 5.38. The van der Waals surface area contributed by atoms with Crippen molar-refractivity contribution < 1.29 is 13.7 Å². The molecule has 1 amide bonds. The van der Waals surface area contributed by atoms with Crippen LogP contribution in [0.4, 0.5) is 5.82 Å². The first-order chi connectivity index (χ1) is 11.2. The Morgan fingerprint density at radius 1 is 1.30 bits per heavy atom. The van der Waals surface area contributed by atoms with Crippen LogP contribution in [0.3, 0.4) is 0 Å². The van der Waals surface area contributed by atoms with Crippen LogP contribution in [0.5, 0.6) is 5.75 Å². The highest BCUT2D eigenvalue weighted by molar-refractivity contribution is 7.83. The number of nitrogens with one attached hydrogen (secondary N) is 1. The van der Waals surface area contributed by atoms with Crippen LogP contribution >= 0.6 is 0 Å². The molecule has 7 heteroatoms. The molecule has 1 fully saturated rings. The molecule has 120 valence electrons. The van der Waals surface area contributed by atoms with Crippen molar-refractivity contribution in [3.63, 3.8) is 0 Å². The number of rotatable bonds is 4. The maximum Gasteiger partial charge on any atom is 0.228 e. The quantitative estimate of drug-likeness (QED) is 0.930. The fraction of sp³-hybridized carbons (Fsp3) is 0.375. The summed E-state index contributed by atoms with van der Waals surface area (Å²) in [7, 11) is 0.694. The molecule has 2 aliphatic rings. The largest absolute Gasteiger partial charge is 0.497 e. The zero-order valence-electron chi connectivity index (χ0n) is 12.7. The van der Waals surface area contributed by atoms with E-state index in [4.69, 9.17) is 4.74 Å². The van der Waals surface area contributed by atoms with Crippen LogP contribution in [0.15, 0.2) is 24.3 Å². The second kappa shape index (κ2) is 5.49. The highest BCUT2D eigenvalue weighted by Crippen LogP contribution is 2.34. The van der Waals surface area contributed by atoms with Crippen molar-refractivity contribution in [2.75, 3.05) is 12.4 Å². The first kappa shape index (κ1) is 14.4. The molecule has 1 aliphatic carbocycles. The minimum absolute atomic E-state index is 0.0279. The zero-order valence-corrected chi connectivity index (χ0v) is 13.6. The van der Waals surface area contributed by atoms with E-state index in [-0.39, 0.29) is 11.8 Å². The van der Waals surface area contributed by atoms with Gasteiger partial charge in [0.25, 0.3) is 0 Å². The molecule has 1 atom stereocenters. The molecule has 2 aromatic rings. The van der Waals surface area contributed by atoms with E-state index in [1.165, 1.54) is 0 Å². The van der Waals surface area contributed by atoms with Gasteiger partial charge >= 0.3 is 0 Å². The normalized spacial score (nSPS) is 19.4. The number of methoxy groups -OCH3 is 1. The Kier molecular flexibility index (Phi) is 3.45. The molecule has 23 heavy (non-hydrogen) atoms. The van der Waals surface area contributed by atoms with E-state index in [2.05, 4.69) is 10.4 Å². The average molecular weight is 331 g/mol. The van der Waals surface area contributed by atoms with E-state index in [1.54, 1.807) is 11.8 Å². The molecule has 0 unspecified atom stereocenters. The molecule has 2 heterocycles. The summed E-state index contributed by atoms with van der Waals surface area (Å²) < 4.78 is 18.7. The molecule has 1 saturated carbocycles. The first-order valence-corrected chi connectivity index (χ1v) is 9.05. The zero-order chi connectivity index (χ0) is 16.0. The van der Waals surface area contributed by atoms with E-state index in [1.807, 2.05) is 24.3 Å². The van der Waals surface area contributed by atoms with Crippen LogP contribution in [-0.2, 0) is 27.1 Å². The van der Waals surface area contributed by atoms with Gasteiger partial charge < -0.3 is 10.1 Å². The minimum Gasteiger partial charge on any atom is -0.497 e. The van der Waals surface area contributed by atoms with Crippen molar-refractivity contribution in [2.24, 2.45) is 5.92 Å². The fourth-order valence-electron chi connectivity index (χ4n) is 2.73. The number of benzene rings is 1. The third-order valence-electron chi connectivity index (χ3n) is 4.18. The van der Waals surface area contributed by atoms with Gasteiger partial charge in [-0.25, -0.2) is 4.68 Å². The van der Waals surface area contributed by atoms with Gasteiger partial charge in [0.05, 0.1) is 30.0 Å². The number of carbonyl (C=O) groups excluding carboxylic acids is 1. The van der Waals surface area contributed by atoms with Gasteiger partial charge in [-0.3, -0.25) is 9.00 Å². The van der Waals surface area contributed by atoms with Crippen LogP contribution < -0.4 is 10.1 Å². The van der Waals surface area contributed by atoms with Crippen LogP contribution in [0.25, 0.3) is 5.69 Å². The molecule has 6 nitrogen and oxygen atoms in total. The SMILES string of the molecule is COc1ccc(-n2nc3c(c2NC(=O)C2CC2)C[S@@](=O)C3)cc1. The summed E-state index contributed by atoms with van der Waals surface area (Å²) >= 11 is 0. The van der Waals surface area contributed by atoms with Crippen LogP contribution in [0.2, 0.25) is 0 Å². The molecule has 0 saturated heterocycles. The van der Waals surface area contributed by atoms with Gasteiger partial charge in [-0.15, -0.1) is 0 Å². The van der Waals surface area contributed by atoms with Gasteiger partial charge in [0.15, 0.2) is 0 Å². The van der Waals surface area contributed by atoms with Crippen molar-refractivity contribution in [1.29, 1.82) is 0 Å². The number of hydrogen-bond acceptors (Lipinski definition) is 4. The molecule has 0 bridgehead atoms. The smallest absolute Gasteiger partial charge is 0.228 e. The number of fused-ring (bicyclic) bond motifs is 1. The summed E-state index contributed by atoms with van der Waals surface area (Å²) in [5.74, 6) is 2.46. The number of anilines is 1. The number of ether oxygens (including phenoxy) is 1. The maximum absolute atomic E-state index is 12.2. The monoisotopic (exact) mass is 331 g/mol. The number of carbonyl (C=O) groups is 1. The number of hydrogen-bond donors (Lipinski definition) is 1. The van der Waals surface area contributed by atoms with Crippen molar-refractivity contribution >= 4 is 22.5 Å². The topological polar surface area (TPSA) is 73.2 Å². The molecular weight excluding hydrogens is 314 g/mol. The van der Waals surface area contributed by atoms with Crippen LogP contribution in [0, 0.1) is 5.92 Å². The third kappa shape index (κ3) is 2.65. The van der Waals surface area contributed by atoms with Crippen molar-refractivity contribution in [3.8, 4) is 11.4 Å². The Hall–Kier alpha value is -2.15. The van der Waals surface area contributed by atoms with E-state index in [0.717, 1.165) is 35.5 Å². The Bertz CT molecular complexity index is 794. The highest BCUT2D eigenvalue weighted by Gasteiger charge is 2.33. The van der Waals surface area contributed by atoms with Gasteiger partial charge in [-0.1, -0.05) is 0 Å². The van der Waals surface area contributed by atoms with E-state index < -0.39 is 10.8 Å². The molecule has 0 radical (unpaired) electrons. The lowest BCUT2D eigenvalue weighted by Gasteiger charge is -2.11. The molecular formula is C16H17N3O3S. The van der Waals surface area contributed by atoms with E-state index in [9.17, 15) is 9.00 Å². The Balaban J connectivity index is 1.74. The maximum atomic E-state index is 12.2. The van der Waals surface area contributed by atoms with Gasteiger partial charge in [-0.2, -0.15) is 5.10 Å². The van der Waals surface area contributed by atoms with Gasteiger partial charge in [0.2, 0.25) is 5.91 Å². The van der Waals surface area contributed by atoms with Crippen LogP contribution in [-0.4, -0.2) is 27.0 Å². The molecule has 4 rings (SSSR count). The van der Waals surface area contributed by atoms with Crippen molar-refractivity contribution in [3.05, 3.63) is 35.5 Å². The van der Waals surface area contributed by atoms with Crippen molar-refractivity contribution in [1.82, 2.24) is 9.78 Å². The Morgan fingerprint density at radius 2 is 2.04 bits per heavy atom. The minimum atomic E-state index is -0.925. The number of nitrogens with zero attached hydrogens (tertiary/aromatic N) is 2. The summed E-state index contributed by atoms with van der Waals surface area (Å²) in [6.07, 6.45) is 1.88. The summed E-state index contributed by atoms with van der Waals surface area (Å²) in [6.45, 7) is 0. The second-order valence-electron chi connectivity index (χ2n) is 5.88. The summed E-state index contributed by atoms with van der Waals surface area (Å²) in [5.41, 5.74) is 2.55. The predicted octanol–water partition coefficient (Wildman–Crippen LogP) is 1.99. The number of amides is 1. The Morgan fingerprint density at radius 3 is 2.70 bits per heavy atom. The molecule has 1 aliphatic heterocycles. The molecule has 1 aromatic carbocycles. The summed E-state index contributed by atoms with van der Waals surface area (Å²) in [5, 5.41) is 7.56. The standard InChI is InChI=1S/C16H17N3O3S/c1-22-12-6-4-11(5-7-12)19-15(17-16(20)10-2-3-10)13-8-23(21)9-14(13)18-19/h4-7,10H,2-3,8-9H2,1H3,(H,17,20)/t23-/m1/s1. The molecule has 0 spiro atoms. The summed E-state index contributed by atoms with van der Waals surface area (Å²) in [6, 6.07) is 7.50. The summed E-state index contributed by atoms with van der Waals surface area (Å²) in [4.78, 5) is 12.2. The highest BCUT2D eigenvalue weighted by atomic mass is 32.2. The lowest BCUT2D eigenvalue weighted by molar-refractivity contribution is -0.117. The average Bonchev–Trinajstić information content (AvgIpc) is 3.28. The second-order valence-corrected chi connectivity index (χ2v) is 7.33. The molecule has 1 aromatic heterocycles. The lowest BCUT2D eigenvalue weighted by Crippen LogP contribution is -2.17. The first-order valence-electron chi connectivity index (χ1n) is 7.56. The van der Waals surface area contributed by atoms with Crippen LogP contribution in [0.1, 0.15) is 24.1 Å². The Labute approximate surface area is 136 Å². The van der Waals surface area contributed by atoms with Crippen molar-refractivity contribution in [2.45, 2.75) is 24.3 Å².